The highest BCUT2D eigenvalue weighted by molar-refractivity contribution is 9.10. The third-order valence-electron chi connectivity index (χ3n) is 2.33. The summed E-state index contributed by atoms with van der Waals surface area (Å²) in [5, 5.41) is 3.23. The van der Waals surface area contributed by atoms with E-state index in [-0.39, 0.29) is 0 Å². The number of nitrogens with zero attached hydrogens (tertiary/aromatic N) is 1. The smallest absolute Gasteiger partial charge is 0.123 e. The molecular weight excluding hydrogens is 270 g/mol. The predicted molar refractivity (Wildman–Crippen MR) is 69.4 cm³/mol. The zero-order valence-electron chi connectivity index (χ0n) is 8.75. The standard InChI is InChI=1S/C12H12BrNS/c1-3-10-7-15-12(14-10)9-5-4-8(2)11(13)6-9/h4-7H,3H2,1-2H3. The largest absolute Gasteiger partial charge is 0.241 e. The molecule has 0 saturated carbocycles. The molecule has 78 valence electrons. The molecule has 1 heterocycles. The van der Waals surface area contributed by atoms with E-state index in [9.17, 15) is 0 Å². The quantitative estimate of drug-likeness (QED) is 0.793. The molecule has 0 unspecified atom stereocenters. The molecule has 0 saturated heterocycles. The zero-order valence-corrected chi connectivity index (χ0v) is 11.2. The van der Waals surface area contributed by atoms with E-state index < -0.39 is 0 Å². The number of thiazole rings is 1. The number of hydrogen-bond donors (Lipinski definition) is 0. The average Bonchev–Trinajstić information content (AvgIpc) is 2.70. The normalized spacial score (nSPS) is 10.6. The summed E-state index contributed by atoms with van der Waals surface area (Å²) in [6.45, 7) is 4.22. The van der Waals surface area contributed by atoms with Crippen molar-refractivity contribution < 1.29 is 0 Å². The van der Waals surface area contributed by atoms with E-state index in [1.807, 2.05) is 0 Å². The Balaban J connectivity index is 2.40. The molecule has 0 aliphatic rings. The van der Waals surface area contributed by atoms with Gasteiger partial charge in [-0.15, -0.1) is 11.3 Å². The molecule has 0 aliphatic heterocycles. The summed E-state index contributed by atoms with van der Waals surface area (Å²) >= 11 is 5.25. The third kappa shape index (κ3) is 2.29. The first-order chi connectivity index (χ1) is 7.20. The van der Waals surface area contributed by atoms with Gasteiger partial charge in [-0.2, -0.15) is 0 Å². The predicted octanol–water partition coefficient (Wildman–Crippen LogP) is 4.44. The van der Waals surface area contributed by atoms with Gasteiger partial charge in [-0.3, -0.25) is 0 Å². The summed E-state index contributed by atoms with van der Waals surface area (Å²) in [4.78, 5) is 4.57. The van der Waals surface area contributed by atoms with Gasteiger partial charge < -0.3 is 0 Å². The van der Waals surface area contributed by atoms with Gasteiger partial charge in [-0.05, 0) is 25.0 Å². The molecule has 1 aromatic carbocycles. The van der Waals surface area contributed by atoms with Crippen LogP contribution in [0.3, 0.4) is 0 Å². The van der Waals surface area contributed by atoms with Crippen molar-refractivity contribution in [3.05, 3.63) is 39.3 Å². The molecule has 0 radical (unpaired) electrons. The topological polar surface area (TPSA) is 12.9 Å². The van der Waals surface area contributed by atoms with Crippen LogP contribution in [0.1, 0.15) is 18.2 Å². The molecule has 0 N–H and O–H groups in total. The number of aromatic nitrogens is 1. The van der Waals surface area contributed by atoms with Crippen LogP contribution in [0.5, 0.6) is 0 Å². The first kappa shape index (κ1) is 10.8. The summed E-state index contributed by atoms with van der Waals surface area (Å²) in [5.74, 6) is 0. The van der Waals surface area contributed by atoms with Crippen molar-refractivity contribution in [2.24, 2.45) is 0 Å². The third-order valence-corrected chi connectivity index (χ3v) is 4.13. The molecule has 1 aromatic heterocycles. The lowest BCUT2D eigenvalue weighted by atomic mass is 10.2. The lowest BCUT2D eigenvalue weighted by molar-refractivity contribution is 1.07. The Hall–Kier alpha value is -0.670. The highest BCUT2D eigenvalue weighted by Crippen LogP contribution is 2.28. The monoisotopic (exact) mass is 281 g/mol. The minimum atomic E-state index is 1.00. The molecule has 0 fully saturated rings. The molecule has 1 nitrogen and oxygen atoms in total. The maximum atomic E-state index is 4.57. The van der Waals surface area contributed by atoms with Crippen molar-refractivity contribution in [3.63, 3.8) is 0 Å². The highest BCUT2D eigenvalue weighted by Gasteiger charge is 2.04. The SMILES string of the molecule is CCc1csc(-c2ccc(C)c(Br)c2)n1. The Bertz CT molecular complexity index is 476. The van der Waals surface area contributed by atoms with Gasteiger partial charge >= 0.3 is 0 Å². The number of halogens is 1. The van der Waals surface area contributed by atoms with Gasteiger partial charge in [-0.1, -0.05) is 35.0 Å². The number of aryl methyl sites for hydroxylation is 2. The highest BCUT2D eigenvalue weighted by atomic mass is 79.9. The van der Waals surface area contributed by atoms with Crippen molar-refractivity contribution in [1.82, 2.24) is 4.98 Å². The molecule has 0 amide bonds. The fourth-order valence-electron chi connectivity index (χ4n) is 1.33. The molecule has 0 spiro atoms. The average molecular weight is 282 g/mol. The van der Waals surface area contributed by atoms with Gasteiger partial charge in [0, 0.05) is 15.4 Å². The molecule has 0 bridgehead atoms. The van der Waals surface area contributed by atoms with Gasteiger partial charge in [0.1, 0.15) is 5.01 Å². The van der Waals surface area contributed by atoms with E-state index in [0.29, 0.717) is 0 Å². The lowest BCUT2D eigenvalue weighted by Gasteiger charge is -2.00. The van der Waals surface area contributed by atoms with E-state index in [2.05, 4.69) is 58.3 Å². The Morgan fingerprint density at radius 2 is 2.20 bits per heavy atom. The molecule has 0 atom stereocenters. The summed E-state index contributed by atoms with van der Waals surface area (Å²) in [5.41, 5.74) is 3.62. The minimum absolute atomic E-state index is 1.00. The van der Waals surface area contributed by atoms with Gasteiger partial charge in [-0.25, -0.2) is 4.98 Å². The van der Waals surface area contributed by atoms with Crippen molar-refractivity contribution >= 4 is 27.3 Å². The van der Waals surface area contributed by atoms with Gasteiger partial charge in [0.05, 0.1) is 5.69 Å². The zero-order chi connectivity index (χ0) is 10.8. The second-order valence-corrected chi connectivity index (χ2v) is 5.17. The van der Waals surface area contributed by atoms with Crippen LogP contribution in [0.4, 0.5) is 0 Å². The summed E-state index contributed by atoms with van der Waals surface area (Å²) in [6.07, 6.45) is 1.00. The van der Waals surface area contributed by atoms with Gasteiger partial charge in [0.25, 0.3) is 0 Å². The number of hydrogen-bond acceptors (Lipinski definition) is 2. The molecule has 3 heteroatoms. The summed E-state index contributed by atoms with van der Waals surface area (Å²) in [6, 6.07) is 6.37. The summed E-state index contributed by atoms with van der Waals surface area (Å²) in [7, 11) is 0. The van der Waals surface area contributed by atoms with Crippen molar-refractivity contribution in [2.45, 2.75) is 20.3 Å². The van der Waals surface area contributed by atoms with Crippen LogP contribution >= 0.6 is 27.3 Å². The Kier molecular flexibility index (Phi) is 3.22. The maximum Gasteiger partial charge on any atom is 0.123 e. The van der Waals surface area contributed by atoms with Crippen molar-refractivity contribution in [2.75, 3.05) is 0 Å². The molecular formula is C12H12BrNS. The Morgan fingerprint density at radius 3 is 2.80 bits per heavy atom. The van der Waals surface area contributed by atoms with Crippen LogP contribution in [0.2, 0.25) is 0 Å². The summed E-state index contributed by atoms with van der Waals surface area (Å²) < 4.78 is 1.15. The first-order valence-electron chi connectivity index (χ1n) is 4.91. The minimum Gasteiger partial charge on any atom is -0.241 e. The van der Waals surface area contributed by atoms with Crippen LogP contribution in [0.25, 0.3) is 10.6 Å². The van der Waals surface area contributed by atoms with Crippen molar-refractivity contribution in [3.8, 4) is 10.6 Å². The molecule has 2 aromatic rings. The first-order valence-corrected chi connectivity index (χ1v) is 6.59. The van der Waals surface area contributed by atoms with E-state index in [4.69, 9.17) is 0 Å². The fourth-order valence-corrected chi connectivity index (χ4v) is 2.61. The maximum absolute atomic E-state index is 4.57. The second kappa shape index (κ2) is 4.45. The van der Waals surface area contributed by atoms with Crippen LogP contribution in [0.15, 0.2) is 28.1 Å². The molecule has 2 rings (SSSR count). The van der Waals surface area contributed by atoms with E-state index in [0.717, 1.165) is 15.9 Å². The van der Waals surface area contributed by atoms with Gasteiger partial charge in [0.15, 0.2) is 0 Å². The Labute approximate surface area is 102 Å². The number of rotatable bonds is 2. The van der Waals surface area contributed by atoms with Crippen LogP contribution < -0.4 is 0 Å². The lowest BCUT2D eigenvalue weighted by Crippen LogP contribution is -1.82. The van der Waals surface area contributed by atoms with Crippen LogP contribution in [0, 0.1) is 6.92 Å². The molecule has 15 heavy (non-hydrogen) atoms. The van der Waals surface area contributed by atoms with E-state index >= 15 is 0 Å². The van der Waals surface area contributed by atoms with Crippen LogP contribution in [-0.4, -0.2) is 4.98 Å². The van der Waals surface area contributed by atoms with Crippen molar-refractivity contribution in [1.29, 1.82) is 0 Å². The van der Waals surface area contributed by atoms with Crippen LogP contribution in [-0.2, 0) is 6.42 Å². The second-order valence-electron chi connectivity index (χ2n) is 3.46. The molecule has 0 aliphatic carbocycles. The number of benzene rings is 1. The fraction of sp³-hybridized carbons (Fsp3) is 0.250. The van der Waals surface area contributed by atoms with E-state index in [1.165, 1.54) is 16.8 Å². The van der Waals surface area contributed by atoms with E-state index in [1.54, 1.807) is 11.3 Å². The van der Waals surface area contributed by atoms with Gasteiger partial charge in [0.2, 0.25) is 0 Å². The Morgan fingerprint density at radius 1 is 1.40 bits per heavy atom.